The fraction of sp³-hybridized carbons (Fsp3) is 0.283. The van der Waals surface area contributed by atoms with Gasteiger partial charge in [-0.05, 0) is 129 Å². The van der Waals surface area contributed by atoms with Crippen LogP contribution in [0.1, 0.15) is 86.6 Å². The van der Waals surface area contributed by atoms with Crippen LogP contribution in [-0.4, -0.2) is 102 Å². The van der Waals surface area contributed by atoms with E-state index in [2.05, 4.69) is 67.4 Å². The molecule has 0 bridgehead atoms. The van der Waals surface area contributed by atoms with Gasteiger partial charge in [-0.1, -0.05) is 77.8 Å². The van der Waals surface area contributed by atoms with Crippen LogP contribution in [0.5, 0.6) is 0 Å². The van der Waals surface area contributed by atoms with Crippen LogP contribution < -0.4 is 31.9 Å². The maximum Gasteiger partial charge on any atom is 0.274 e. The maximum atomic E-state index is 13.5. The van der Waals surface area contributed by atoms with E-state index in [9.17, 15) is 19.6 Å². The van der Waals surface area contributed by atoms with Gasteiger partial charge in [-0.15, -0.1) is 5.10 Å². The first kappa shape index (κ1) is 54.4. The lowest BCUT2D eigenvalue weighted by atomic mass is 9.96. The summed E-state index contributed by atoms with van der Waals surface area (Å²) in [7, 11) is 0. The molecule has 3 amide bonds. The van der Waals surface area contributed by atoms with Crippen molar-refractivity contribution in [2.45, 2.75) is 65.6 Å². The van der Waals surface area contributed by atoms with E-state index >= 15 is 0 Å². The van der Waals surface area contributed by atoms with E-state index in [1.807, 2.05) is 86.6 Å². The van der Waals surface area contributed by atoms with Crippen LogP contribution in [0.3, 0.4) is 0 Å². The summed E-state index contributed by atoms with van der Waals surface area (Å²) in [5, 5.41) is 31.0. The molecule has 0 spiro atoms. The maximum absolute atomic E-state index is 13.5. The zero-order valence-electron chi connectivity index (χ0n) is 44.6. The van der Waals surface area contributed by atoms with Crippen LogP contribution in [0.4, 0.5) is 23.1 Å². The standard InChI is InChI=1S/C60H61ClN16O3/c1-38-43(31-62)10-6-13-46(38)52-30-53(72-60(63)71-52)54-37-77(74-73-54)36-44-11-7-17-55(68-44)76-28-22-42(23-29-76)57(78)65-25-24-64-32-40-18-20-50(66-33-40)58(79)69-48-15-8-12-45(39(48)2)47-14-9-16-49(56(47)61)70-59(80)51-21-19-41(34-67-51)35-75-26-4-3-5-27-75/h6-21,30,33-34,37,42,64H,3-5,22-29,32,35-36H2,1-2H3,(H,65,78)(H,69,79)(H,70,80)(H2,63,71,72). The molecular weight excluding hydrogens is 1030 g/mol. The Hall–Kier alpha value is -8.96. The fourth-order valence-electron chi connectivity index (χ4n) is 10.1. The number of anilines is 4. The van der Waals surface area contributed by atoms with Gasteiger partial charge in [0.1, 0.15) is 22.9 Å². The minimum Gasteiger partial charge on any atom is -0.368 e. The van der Waals surface area contributed by atoms with Crippen molar-refractivity contribution in [3.8, 4) is 39.8 Å². The second kappa shape index (κ2) is 25.2. The molecule has 2 saturated heterocycles. The number of halogens is 1. The summed E-state index contributed by atoms with van der Waals surface area (Å²) in [6.07, 6.45) is 10.3. The molecule has 2 aliphatic rings. The average Bonchev–Trinajstić information content (AvgIpc) is 4.06. The molecule has 0 aliphatic carbocycles. The first-order chi connectivity index (χ1) is 39.0. The summed E-state index contributed by atoms with van der Waals surface area (Å²) in [5.74, 6) is 0.149. The molecule has 0 atom stereocenters. The Bertz CT molecular complexity index is 3570. The van der Waals surface area contributed by atoms with Crippen molar-refractivity contribution in [1.29, 1.82) is 5.26 Å². The van der Waals surface area contributed by atoms with Crippen LogP contribution in [0, 0.1) is 31.1 Å². The van der Waals surface area contributed by atoms with Gasteiger partial charge >= 0.3 is 0 Å². The molecule has 7 heterocycles. The van der Waals surface area contributed by atoms with E-state index in [0.717, 1.165) is 64.5 Å². The SMILES string of the molecule is Cc1c(C#N)cccc1-c1cc(-c2cn(Cc3cccc(N4CCC(C(=O)NCCNCc5ccc(C(=O)Nc6cccc(-c7cccc(NC(=O)c8ccc(CN9CCCCC9)cn8)c7Cl)c6C)nc5)CC4)n3)nn2)nc(N)n1. The number of nitrogens with one attached hydrogen (secondary N) is 4. The molecule has 406 valence electrons. The van der Waals surface area contributed by atoms with Gasteiger partial charge in [0.15, 0.2) is 0 Å². The van der Waals surface area contributed by atoms with Crippen LogP contribution in [0.15, 0.2) is 122 Å². The lowest BCUT2D eigenvalue weighted by Crippen LogP contribution is -2.42. The van der Waals surface area contributed by atoms with E-state index in [0.29, 0.717) is 102 Å². The monoisotopic (exact) mass is 1090 g/mol. The van der Waals surface area contributed by atoms with Crippen molar-refractivity contribution < 1.29 is 14.4 Å². The second-order valence-corrected chi connectivity index (χ2v) is 20.5. The molecule has 0 unspecified atom stereocenters. The predicted molar refractivity (Wildman–Crippen MR) is 308 cm³/mol. The molecule has 2 aliphatic heterocycles. The summed E-state index contributed by atoms with van der Waals surface area (Å²) in [4.78, 5) is 67.2. The van der Waals surface area contributed by atoms with Gasteiger partial charge in [-0.2, -0.15) is 5.26 Å². The Kier molecular flexibility index (Phi) is 17.2. The molecule has 10 rings (SSSR count). The highest BCUT2D eigenvalue weighted by atomic mass is 35.5. The number of hydrogen-bond acceptors (Lipinski definition) is 15. The number of likely N-dealkylation sites (tertiary alicyclic amines) is 1. The number of carbonyl (C=O) groups excluding carboxylic acids is 3. The Morgan fingerprint density at radius 1 is 0.700 bits per heavy atom. The van der Waals surface area contributed by atoms with E-state index in [1.54, 1.807) is 53.6 Å². The Labute approximate surface area is 469 Å². The average molecular weight is 1090 g/mol. The molecule has 6 N–H and O–H groups in total. The molecule has 8 aromatic rings. The van der Waals surface area contributed by atoms with Gasteiger partial charge in [-0.3, -0.25) is 29.3 Å². The van der Waals surface area contributed by atoms with Crippen molar-refractivity contribution in [3.63, 3.8) is 0 Å². The summed E-state index contributed by atoms with van der Waals surface area (Å²) in [5.41, 5.74) is 16.6. The summed E-state index contributed by atoms with van der Waals surface area (Å²) >= 11 is 6.95. The van der Waals surface area contributed by atoms with Crippen molar-refractivity contribution in [3.05, 3.63) is 172 Å². The highest BCUT2D eigenvalue weighted by Gasteiger charge is 2.26. The number of benzene rings is 3. The van der Waals surface area contributed by atoms with E-state index in [-0.39, 0.29) is 35.3 Å². The zero-order valence-corrected chi connectivity index (χ0v) is 45.4. The minimum absolute atomic E-state index is 0.0367. The van der Waals surface area contributed by atoms with E-state index < -0.39 is 0 Å². The number of piperidine rings is 2. The van der Waals surface area contributed by atoms with Gasteiger partial charge in [-0.25, -0.2) is 19.6 Å². The minimum atomic E-state index is -0.360. The number of hydrogen-bond donors (Lipinski definition) is 5. The van der Waals surface area contributed by atoms with E-state index in [4.69, 9.17) is 22.3 Å². The quantitative estimate of drug-likeness (QED) is 0.0504. The Morgan fingerprint density at radius 2 is 1.38 bits per heavy atom. The number of nitrogens with two attached hydrogens (primary N) is 1. The van der Waals surface area contributed by atoms with Crippen molar-refractivity contribution in [2.24, 2.45) is 5.92 Å². The largest absolute Gasteiger partial charge is 0.368 e. The summed E-state index contributed by atoms with van der Waals surface area (Å²) < 4.78 is 1.70. The second-order valence-electron chi connectivity index (χ2n) is 20.1. The molecule has 3 aromatic carbocycles. The van der Waals surface area contributed by atoms with Gasteiger partial charge in [0.2, 0.25) is 11.9 Å². The van der Waals surface area contributed by atoms with E-state index in [1.165, 1.54) is 19.3 Å². The first-order valence-corrected chi connectivity index (χ1v) is 27.2. The number of rotatable bonds is 18. The third-order valence-electron chi connectivity index (χ3n) is 14.6. The lowest BCUT2D eigenvalue weighted by Gasteiger charge is -2.32. The number of nitriles is 1. The molecule has 0 saturated carbocycles. The molecule has 20 heteroatoms. The van der Waals surface area contributed by atoms with Crippen molar-refractivity contribution in [2.75, 3.05) is 60.5 Å². The van der Waals surface area contributed by atoms with Gasteiger partial charge in [0, 0.05) is 74.4 Å². The fourth-order valence-corrected chi connectivity index (χ4v) is 10.4. The van der Waals surface area contributed by atoms with Crippen molar-refractivity contribution in [1.82, 2.24) is 55.4 Å². The predicted octanol–water partition coefficient (Wildman–Crippen LogP) is 8.64. The normalized spacial score (nSPS) is 13.8. The van der Waals surface area contributed by atoms with Crippen LogP contribution in [-0.2, 0) is 24.4 Å². The molecule has 0 radical (unpaired) electrons. The summed E-state index contributed by atoms with van der Waals surface area (Å²) in [6, 6.07) is 33.7. The highest BCUT2D eigenvalue weighted by Crippen LogP contribution is 2.38. The Morgan fingerprint density at radius 3 is 2.11 bits per heavy atom. The lowest BCUT2D eigenvalue weighted by molar-refractivity contribution is -0.125. The van der Waals surface area contributed by atoms with Crippen LogP contribution >= 0.6 is 11.6 Å². The number of pyridine rings is 3. The number of aromatic nitrogens is 8. The molecule has 5 aromatic heterocycles. The Balaban J connectivity index is 0.648. The van der Waals surface area contributed by atoms with Crippen molar-refractivity contribution >= 4 is 52.5 Å². The number of carbonyl (C=O) groups is 3. The first-order valence-electron chi connectivity index (χ1n) is 26.8. The van der Waals surface area contributed by atoms with Crippen LogP contribution in [0.25, 0.3) is 33.8 Å². The molecule has 80 heavy (non-hydrogen) atoms. The number of amides is 3. The van der Waals surface area contributed by atoms with Gasteiger partial charge in [0.25, 0.3) is 11.8 Å². The molecule has 19 nitrogen and oxygen atoms in total. The third kappa shape index (κ3) is 13.1. The van der Waals surface area contributed by atoms with Crippen LogP contribution in [0.2, 0.25) is 5.02 Å². The van der Waals surface area contributed by atoms with Gasteiger partial charge < -0.3 is 31.9 Å². The third-order valence-corrected chi connectivity index (χ3v) is 15.0. The smallest absolute Gasteiger partial charge is 0.274 e. The molecular formula is C60H61ClN16O3. The highest BCUT2D eigenvalue weighted by molar-refractivity contribution is 6.36. The molecule has 2 fully saturated rings. The number of nitrogen functional groups attached to an aromatic ring is 1. The van der Waals surface area contributed by atoms with Gasteiger partial charge in [0.05, 0.1) is 52.2 Å². The number of nitrogens with zero attached hydrogens (tertiary/aromatic N) is 11. The zero-order chi connectivity index (χ0) is 55.5. The summed E-state index contributed by atoms with van der Waals surface area (Å²) in [6.45, 7) is 10.1. The topological polar surface area (TPSA) is 251 Å².